The fourth-order valence-corrected chi connectivity index (χ4v) is 5.22. The molecule has 6 rings (SSSR count). The summed E-state index contributed by atoms with van der Waals surface area (Å²) in [5, 5.41) is 0. The third kappa shape index (κ3) is 5.04. The minimum atomic E-state index is -0.248. The number of amides is 2. The molecule has 0 unspecified atom stereocenters. The summed E-state index contributed by atoms with van der Waals surface area (Å²) in [6.45, 7) is 4.49. The van der Waals surface area contributed by atoms with Gasteiger partial charge in [0.1, 0.15) is 5.56 Å². The Morgan fingerprint density at radius 1 is 0.795 bits per heavy atom. The highest BCUT2D eigenvalue weighted by Gasteiger charge is 2.35. The Bertz CT molecular complexity index is 1490. The van der Waals surface area contributed by atoms with Crippen LogP contribution >= 0.6 is 0 Å². The van der Waals surface area contributed by atoms with E-state index in [-0.39, 0.29) is 18.4 Å². The zero-order valence-electron chi connectivity index (χ0n) is 21.9. The van der Waals surface area contributed by atoms with E-state index in [2.05, 4.69) is 39.0 Å². The summed E-state index contributed by atoms with van der Waals surface area (Å²) < 4.78 is 0. The zero-order valence-corrected chi connectivity index (χ0v) is 21.9. The predicted octanol–water partition coefficient (Wildman–Crippen LogP) is 4.22. The average Bonchev–Trinajstić information content (AvgIpc) is 3.07. The predicted molar refractivity (Wildman–Crippen MR) is 152 cm³/mol. The maximum Gasteiger partial charge on any atom is 0.263 e. The van der Waals surface area contributed by atoms with E-state index in [1.807, 2.05) is 60.7 Å². The molecular formula is C31H30N6O2. The standard InChI is InChI=1S/C31H30N6O2/c1-34-26-14-8-9-15-27(26)37(30-25(31(34)39)20-32-29(33-30)24-12-6-3-7-13-24)28(38)22-36-18-16-35(17-19-36)21-23-10-4-2-5-11-23/h2-15,20H,16-19,21-22H2,1H3. The lowest BCUT2D eigenvalue weighted by Gasteiger charge is -2.35. The van der Waals surface area contributed by atoms with E-state index < -0.39 is 0 Å². The number of nitrogens with zero attached hydrogens (tertiary/aromatic N) is 6. The molecule has 0 aliphatic carbocycles. The Morgan fingerprint density at radius 2 is 1.41 bits per heavy atom. The summed E-state index contributed by atoms with van der Waals surface area (Å²) in [4.78, 5) is 44.6. The van der Waals surface area contributed by atoms with Gasteiger partial charge in [0.2, 0.25) is 5.91 Å². The molecule has 1 fully saturated rings. The van der Waals surface area contributed by atoms with Crippen LogP contribution in [0.1, 0.15) is 15.9 Å². The number of para-hydroxylation sites is 2. The highest BCUT2D eigenvalue weighted by atomic mass is 16.2. The second-order valence-electron chi connectivity index (χ2n) is 9.92. The van der Waals surface area contributed by atoms with E-state index in [0.29, 0.717) is 28.6 Å². The van der Waals surface area contributed by atoms with Gasteiger partial charge in [-0.1, -0.05) is 72.8 Å². The zero-order chi connectivity index (χ0) is 26.8. The molecule has 1 aromatic heterocycles. The Labute approximate surface area is 228 Å². The lowest BCUT2D eigenvalue weighted by molar-refractivity contribution is -0.119. The van der Waals surface area contributed by atoms with Gasteiger partial charge in [0.15, 0.2) is 11.6 Å². The Balaban J connectivity index is 1.29. The second kappa shape index (κ2) is 10.8. The first-order valence-corrected chi connectivity index (χ1v) is 13.2. The van der Waals surface area contributed by atoms with Crippen LogP contribution < -0.4 is 9.80 Å². The van der Waals surface area contributed by atoms with Gasteiger partial charge in [-0.15, -0.1) is 0 Å². The SMILES string of the molecule is CN1C(=O)c2cnc(-c3ccccc3)nc2N(C(=O)CN2CCN(Cc3ccccc3)CC2)c2ccccc21. The number of hydrogen-bond donors (Lipinski definition) is 0. The maximum absolute atomic E-state index is 14.1. The summed E-state index contributed by atoms with van der Waals surface area (Å²) in [7, 11) is 1.72. The molecule has 0 bridgehead atoms. The average molecular weight is 519 g/mol. The van der Waals surface area contributed by atoms with Crippen LogP contribution in [0.3, 0.4) is 0 Å². The van der Waals surface area contributed by atoms with Crippen molar-refractivity contribution in [3.8, 4) is 11.4 Å². The molecule has 3 aromatic carbocycles. The molecule has 2 amide bonds. The first kappa shape index (κ1) is 24.9. The number of rotatable bonds is 5. The molecule has 196 valence electrons. The van der Waals surface area contributed by atoms with Crippen molar-refractivity contribution >= 4 is 29.0 Å². The van der Waals surface area contributed by atoms with Gasteiger partial charge in [0, 0.05) is 51.5 Å². The number of piperazine rings is 1. The van der Waals surface area contributed by atoms with Crippen molar-refractivity contribution in [3.63, 3.8) is 0 Å². The van der Waals surface area contributed by atoms with Crippen LogP contribution in [-0.2, 0) is 11.3 Å². The molecule has 8 nitrogen and oxygen atoms in total. The minimum Gasteiger partial charge on any atom is -0.309 e. The quantitative estimate of drug-likeness (QED) is 0.394. The fraction of sp³-hybridized carbons (Fsp3) is 0.226. The summed E-state index contributed by atoms with van der Waals surface area (Å²) >= 11 is 0. The van der Waals surface area contributed by atoms with Crippen molar-refractivity contribution in [2.24, 2.45) is 0 Å². The van der Waals surface area contributed by atoms with Crippen molar-refractivity contribution in [3.05, 3.63) is 102 Å². The molecule has 39 heavy (non-hydrogen) atoms. The molecule has 3 heterocycles. The fourth-order valence-electron chi connectivity index (χ4n) is 5.22. The van der Waals surface area contributed by atoms with Gasteiger partial charge in [-0.25, -0.2) is 9.97 Å². The normalized spacial score (nSPS) is 16.0. The topological polar surface area (TPSA) is 72.9 Å². The molecule has 0 radical (unpaired) electrons. The van der Waals surface area contributed by atoms with Crippen LogP contribution in [0.15, 0.2) is 91.1 Å². The molecule has 8 heteroatoms. The van der Waals surface area contributed by atoms with E-state index >= 15 is 0 Å². The van der Waals surface area contributed by atoms with Gasteiger partial charge < -0.3 is 4.90 Å². The molecule has 0 saturated carbocycles. The number of benzene rings is 3. The summed E-state index contributed by atoms with van der Waals surface area (Å²) in [5.74, 6) is 0.415. The van der Waals surface area contributed by atoms with Gasteiger partial charge in [-0.05, 0) is 17.7 Å². The van der Waals surface area contributed by atoms with E-state index in [0.717, 1.165) is 38.3 Å². The second-order valence-corrected chi connectivity index (χ2v) is 9.92. The van der Waals surface area contributed by atoms with Crippen LogP contribution in [0.2, 0.25) is 0 Å². The first-order chi connectivity index (χ1) is 19.1. The van der Waals surface area contributed by atoms with E-state index in [9.17, 15) is 9.59 Å². The van der Waals surface area contributed by atoms with Crippen LogP contribution in [0.5, 0.6) is 0 Å². The Kier molecular flexibility index (Phi) is 6.87. The number of fused-ring (bicyclic) bond motifs is 2. The monoisotopic (exact) mass is 518 g/mol. The summed E-state index contributed by atoms with van der Waals surface area (Å²) in [5.41, 5.74) is 3.71. The number of carbonyl (C=O) groups is 2. The molecule has 2 aliphatic rings. The van der Waals surface area contributed by atoms with Gasteiger partial charge in [0.25, 0.3) is 5.91 Å². The van der Waals surface area contributed by atoms with Crippen LogP contribution in [0.25, 0.3) is 11.4 Å². The van der Waals surface area contributed by atoms with E-state index in [1.54, 1.807) is 16.8 Å². The molecule has 4 aromatic rings. The molecule has 0 spiro atoms. The molecule has 0 atom stereocenters. The van der Waals surface area contributed by atoms with Crippen LogP contribution in [0, 0.1) is 0 Å². The van der Waals surface area contributed by atoms with Crippen molar-refractivity contribution in [2.75, 3.05) is 49.6 Å². The largest absolute Gasteiger partial charge is 0.309 e. The maximum atomic E-state index is 14.1. The molecule has 1 saturated heterocycles. The highest BCUT2D eigenvalue weighted by molar-refractivity contribution is 6.18. The van der Waals surface area contributed by atoms with Crippen molar-refractivity contribution in [1.82, 2.24) is 19.8 Å². The van der Waals surface area contributed by atoms with Crippen molar-refractivity contribution < 1.29 is 9.59 Å². The van der Waals surface area contributed by atoms with Crippen molar-refractivity contribution in [2.45, 2.75) is 6.54 Å². The number of anilines is 3. The highest BCUT2D eigenvalue weighted by Crippen LogP contribution is 2.39. The third-order valence-corrected chi connectivity index (χ3v) is 7.35. The van der Waals surface area contributed by atoms with Gasteiger partial charge >= 0.3 is 0 Å². The lowest BCUT2D eigenvalue weighted by atomic mass is 10.2. The number of aromatic nitrogens is 2. The smallest absolute Gasteiger partial charge is 0.263 e. The van der Waals surface area contributed by atoms with E-state index in [1.165, 1.54) is 11.8 Å². The summed E-state index contributed by atoms with van der Waals surface area (Å²) in [6.07, 6.45) is 1.54. The number of carbonyl (C=O) groups excluding carboxylic acids is 2. The molecular weight excluding hydrogens is 488 g/mol. The molecule has 0 N–H and O–H groups in total. The Hall–Kier alpha value is -4.40. The van der Waals surface area contributed by atoms with Gasteiger partial charge in [-0.3, -0.25) is 24.3 Å². The minimum absolute atomic E-state index is 0.124. The van der Waals surface area contributed by atoms with Crippen molar-refractivity contribution in [1.29, 1.82) is 0 Å². The van der Waals surface area contributed by atoms with Crippen LogP contribution in [0.4, 0.5) is 17.2 Å². The molecule has 2 aliphatic heterocycles. The van der Waals surface area contributed by atoms with Crippen LogP contribution in [-0.4, -0.2) is 71.4 Å². The van der Waals surface area contributed by atoms with E-state index in [4.69, 9.17) is 4.98 Å². The van der Waals surface area contributed by atoms with Gasteiger partial charge in [-0.2, -0.15) is 0 Å². The summed E-state index contributed by atoms with van der Waals surface area (Å²) in [6, 6.07) is 27.5. The number of hydrogen-bond acceptors (Lipinski definition) is 6. The van der Waals surface area contributed by atoms with Gasteiger partial charge in [0.05, 0.1) is 17.9 Å². The Morgan fingerprint density at radius 3 is 2.13 bits per heavy atom. The third-order valence-electron chi connectivity index (χ3n) is 7.35. The lowest BCUT2D eigenvalue weighted by Crippen LogP contribution is -2.49. The first-order valence-electron chi connectivity index (χ1n) is 13.2.